The molecule has 5 aromatic carbocycles. The van der Waals surface area contributed by atoms with Gasteiger partial charge in [-0.25, -0.2) is 19.9 Å². The predicted molar refractivity (Wildman–Crippen MR) is 262 cm³/mol. The van der Waals surface area contributed by atoms with E-state index in [1.165, 1.54) is 11.1 Å². The highest BCUT2D eigenvalue weighted by molar-refractivity contribution is 6.31. The summed E-state index contributed by atoms with van der Waals surface area (Å²) in [6.45, 7) is 9.82. The second-order valence-electron chi connectivity index (χ2n) is 16.2. The molecule has 4 heterocycles. The van der Waals surface area contributed by atoms with Crippen LogP contribution in [0.1, 0.15) is 11.1 Å². The average Bonchev–Trinajstić information content (AvgIpc) is 3.30. The number of aromatic nitrogens is 4. The third kappa shape index (κ3) is 10.1. The molecule has 8 N–H and O–H groups in total. The molecule has 0 unspecified atom stereocenters. The van der Waals surface area contributed by atoms with Crippen LogP contribution in [-0.2, 0) is 12.8 Å². The minimum absolute atomic E-state index is 0.0925. The van der Waals surface area contributed by atoms with Gasteiger partial charge in [0.25, 0.3) is 11.9 Å². The van der Waals surface area contributed by atoms with Gasteiger partial charge in [0.1, 0.15) is 0 Å². The molecule has 64 heavy (non-hydrogen) atoms. The highest BCUT2D eigenvalue weighted by Gasteiger charge is 2.21. The molecule has 0 atom stereocenters. The van der Waals surface area contributed by atoms with E-state index < -0.39 is 0 Å². The van der Waals surface area contributed by atoms with Crippen molar-refractivity contribution in [1.29, 1.82) is 0 Å². The maximum absolute atomic E-state index is 6.39. The standard InChI is InChI=1S/C48H50Cl2N14/c49-35-11-13-41-39(29-35)43(57-47(55-41)59-45(51)52)33-3-1-5-37(27-33)63-23-19-61(20-24-63)17-15-31-7-9-32(10-8-31)16-18-62-21-25-64(26-22-62)38-6-2-4-34(28-38)44-40-30-36(50)12-14-42(40)56-48(58-44)60-46(53)54/h1-14,27-30H,15-26H2,(H4,51,52,55,57,59)(H4,53,54,56,58,60). The second-order valence-corrected chi connectivity index (χ2v) is 17.1. The number of benzene rings is 5. The van der Waals surface area contributed by atoms with Crippen LogP contribution in [0.25, 0.3) is 44.3 Å². The zero-order chi connectivity index (χ0) is 44.2. The van der Waals surface area contributed by atoms with E-state index in [9.17, 15) is 0 Å². The van der Waals surface area contributed by atoms with Gasteiger partial charge in [0.15, 0.2) is 11.9 Å². The summed E-state index contributed by atoms with van der Waals surface area (Å²) in [6, 6.07) is 37.2. The number of hydrogen-bond donors (Lipinski definition) is 4. The Bertz CT molecular complexity index is 2650. The van der Waals surface area contributed by atoms with Gasteiger partial charge in [-0.2, -0.15) is 9.98 Å². The fraction of sp³-hybridized carbons (Fsp3) is 0.250. The van der Waals surface area contributed by atoms with Crippen LogP contribution in [0.5, 0.6) is 0 Å². The van der Waals surface area contributed by atoms with E-state index in [-0.39, 0.29) is 23.8 Å². The van der Waals surface area contributed by atoms with Gasteiger partial charge in [0.2, 0.25) is 0 Å². The molecule has 0 saturated carbocycles. The Morgan fingerprint density at radius 3 is 1.28 bits per heavy atom. The molecule has 0 amide bonds. The van der Waals surface area contributed by atoms with Crippen molar-refractivity contribution in [3.8, 4) is 22.5 Å². The van der Waals surface area contributed by atoms with Crippen molar-refractivity contribution < 1.29 is 0 Å². The van der Waals surface area contributed by atoms with Gasteiger partial charge in [-0.3, -0.25) is 9.80 Å². The maximum Gasteiger partial charge on any atom is 0.253 e. The molecule has 0 radical (unpaired) electrons. The second kappa shape index (κ2) is 19.0. The summed E-state index contributed by atoms with van der Waals surface area (Å²) in [5, 5.41) is 2.91. The van der Waals surface area contributed by atoms with Gasteiger partial charge in [0, 0.05) is 109 Å². The SMILES string of the molecule is NC(N)=Nc1nc(-c2cccc(N3CCN(CCc4ccc(CCN5CCN(c6cccc(-c7nc(N=C(N)N)nc8ccc(Cl)cc78)c6)CC5)cc4)CC3)c2)c2cc(Cl)ccc2n1. The molecular weight excluding hydrogens is 844 g/mol. The third-order valence-corrected chi connectivity index (χ3v) is 12.4. The smallest absolute Gasteiger partial charge is 0.253 e. The first-order valence-electron chi connectivity index (χ1n) is 21.5. The van der Waals surface area contributed by atoms with Gasteiger partial charge in [0.05, 0.1) is 22.4 Å². The molecule has 2 aliphatic rings. The Balaban J connectivity index is 0.746. The molecule has 326 valence electrons. The molecule has 0 spiro atoms. The summed E-state index contributed by atoms with van der Waals surface area (Å²) in [6.07, 6.45) is 2.05. The Labute approximate surface area is 382 Å². The number of aliphatic imine (C=N–C) groups is 2. The lowest BCUT2D eigenvalue weighted by Crippen LogP contribution is -2.47. The minimum Gasteiger partial charge on any atom is -0.370 e. The van der Waals surface area contributed by atoms with Crippen molar-refractivity contribution >= 4 is 80.2 Å². The Hall–Kier alpha value is -6.58. The number of halogens is 2. The number of guanidine groups is 2. The van der Waals surface area contributed by atoms with E-state index in [1.54, 1.807) is 12.1 Å². The van der Waals surface area contributed by atoms with Crippen molar-refractivity contribution in [2.75, 3.05) is 75.2 Å². The van der Waals surface area contributed by atoms with Gasteiger partial charge in [-0.05, 0) is 84.6 Å². The van der Waals surface area contributed by atoms with E-state index in [0.717, 1.165) is 134 Å². The summed E-state index contributed by atoms with van der Waals surface area (Å²) >= 11 is 12.8. The number of hydrogen-bond acceptors (Lipinski definition) is 10. The normalized spacial score (nSPS) is 14.8. The number of fused-ring (bicyclic) bond motifs is 2. The topological polar surface area (TPSA) is 193 Å². The number of nitrogens with zero attached hydrogens (tertiary/aromatic N) is 10. The number of rotatable bonds is 12. The van der Waals surface area contributed by atoms with Gasteiger partial charge < -0.3 is 32.7 Å². The van der Waals surface area contributed by atoms with Crippen molar-refractivity contribution in [2.24, 2.45) is 32.9 Å². The number of piperazine rings is 2. The summed E-state index contributed by atoms with van der Waals surface area (Å²) in [5.41, 5.74) is 32.5. The van der Waals surface area contributed by atoms with Gasteiger partial charge in [-0.1, -0.05) is 71.7 Å². The molecule has 2 saturated heterocycles. The first-order chi connectivity index (χ1) is 31.1. The molecule has 9 rings (SSSR count). The molecule has 0 bridgehead atoms. The fourth-order valence-corrected chi connectivity index (χ4v) is 8.90. The third-order valence-electron chi connectivity index (χ3n) is 11.9. The predicted octanol–water partition coefficient (Wildman–Crippen LogP) is 6.75. The highest BCUT2D eigenvalue weighted by atomic mass is 35.5. The van der Waals surface area contributed by atoms with E-state index >= 15 is 0 Å². The molecule has 2 aromatic heterocycles. The van der Waals surface area contributed by atoms with Gasteiger partial charge in [-0.15, -0.1) is 0 Å². The maximum atomic E-state index is 6.39. The molecule has 16 heteroatoms. The lowest BCUT2D eigenvalue weighted by Gasteiger charge is -2.36. The first kappa shape index (κ1) is 42.7. The molecular formula is C48H50Cl2N14. The summed E-state index contributed by atoms with van der Waals surface area (Å²) in [5.74, 6) is 0.246. The zero-order valence-corrected chi connectivity index (χ0v) is 36.9. The quantitative estimate of drug-likeness (QED) is 0.0746. The van der Waals surface area contributed by atoms with E-state index in [2.05, 4.69) is 100 Å². The number of anilines is 2. The van der Waals surface area contributed by atoms with Crippen LogP contribution in [0, 0.1) is 0 Å². The molecule has 14 nitrogen and oxygen atoms in total. The van der Waals surface area contributed by atoms with Crippen LogP contribution in [0.4, 0.5) is 23.3 Å². The Morgan fingerprint density at radius 1 is 0.484 bits per heavy atom. The van der Waals surface area contributed by atoms with Crippen molar-refractivity contribution in [3.63, 3.8) is 0 Å². The Morgan fingerprint density at radius 2 is 0.891 bits per heavy atom. The van der Waals surface area contributed by atoms with Crippen LogP contribution >= 0.6 is 23.2 Å². The zero-order valence-electron chi connectivity index (χ0n) is 35.4. The van der Waals surface area contributed by atoms with E-state index in [0.29, 0.717) is 10.0 Å². The van der Waals surface area contributed by atoms with Crippen LogP contribution in [0.3, 0.4) is 0 Å². The minimum atomic E-state index is -0.0925. The number of nitrogens with two attached hydrogens (primary N) is 4. The summed E-state index contributed by atoms with van der Waals surface area (Å²) < 4.78 is 0. The van der Waals surface area contributed by atoms with Crippen molar-refractivity contribution in [2.45, 2.75) is 12.8 Å². The van der Waals surface area contributed by atoms with Crippen molar-refractivity contribution in [1.82, 2.24) is 29.7 Å². The largest absolute Gasteiger partial charge is 0.370 e. The lowest BCUT2D eigenvalue weighted by molar-refractivity contribution is 0.260. The van der Waals surface area contributed by atoms with Crippen LogP contribution < -0.4 is 32.7 Å². The molecule has 0 aliphatic carbocycles. The lowest BCUT2D eigenvalue weighted by atomic mass is 10.0. The first-order valence-corrected chi connectivity index (χ1v) is 22.2. The van der Waals surface area contributed by atoms with Crippen LogP contribution in [0.15, 0.2) is 119 Å². The molecule has 2 aliphatic heterocycles. The van der Waals surface area contributed by atoms with E-state index in [1.807, 2.05) is 36.4 Å². The van der Waals surface area contributed by atoms with Gasteiger partial charge >= 0.3 is 0 Å². The molecule has 2 fully saturated rings. The van der Waals surface area contributed by atoms with Crippen LogP contribution in [-0.4, -0.2) is 107 Å². The fourth-order valence-electron chi connectivity index (χ4n) is 8.55. The summed E-state index contributed by atoms with van der Waals surface area (Å²) in [7, 11) is 0. The monoisotopic (exact) mass is 892 g/mol. The highest BCUT2D eigenvalue weighted by Crippen LogP contribution is 2.34. The molecule has 7 aromatic rings. The van der Waals surface area contributed by atoms with E-state index in [4.69, 9.17) is 56.1 Å². The summed E-state index contributed by atoms with van der Waals surface area (Å²) in [4.78, 5) is 36.7. The van der Waals surface area contributed by atoms with Crippen LogP contribution in [0.2, 0.25) is 10.0 Å². The Kier molecular flexibility index (Phi) is 12.7. The van der Waals surface area contributed by atoms with Crippen molar-refractivity contribution in [3.05, 3.63) is 130 Å². The average molecular weight is 894 g/mol.